The second kappa shape index (κ2) is 3.75. The van der Waals surface area contributed by atoms with E-state index in [1.165, 1.54) is 0 Å². The van der Waals surface area contributed by atoms with E-state index in [0.29, 0.717) is 0 Å². The molecule has 5 heteroatoms. The van der Waals surface area contributed by atoms with E-state index < -0.39 is 0 Å². The van der Waals surface area contributed by atoms with Gasteiger partial charge in [0.2, 0.25) is 0 Å². The van der Waals surface area contributed by atoms with Crippen LogP contribution in [0, 0.1) is 6.92 Å². The number of hydrogen-bond donors (Lipinski definition) is 1. The number of hydrogen-bond acceptors (Lipinski definition) is 4. The van der Waals surface area contributed by atoms with Crippen molar-refractivity contribution in [1.29, 1.82) is 0 Å². The summed E-state index contributed by atoms with van der Waals surface area (Å²) in [5, 5.41) is 7.29. The van der Waals surface area contributed by atoms with Gasteiger partial charge in [0.05, 0.1) is 17.4 Å². The summed E-state index contributed by atoms with van der Waals surface area (Å²) in [5.74, 6) is 0. The second-order valence-electron chi connectivity index (χ2n) is 3.66. The van der Waals surface area contributed by atoms with Crippen LogP contribution in [0.4, 0.5) is 0 Å². The first-order chi connectivity index (χ1) is 7.08. The lowest BCUT2D eigenvalue weighted by molar-refractivity contribution is 0.756. The molecule has 4 nitrogen and oxygen atoms in total. The van der Waals surface area contributed by atoms with Gasteiger partial charge in [-0.25, -0.2) is 4.98 Å². The first kappa shape index (κ1) is 10.3. The van der Waals surface area contributed by atoms with Gasteiger partial charge in [0.15, 0.2) is 0 Å². The smallest absolute Gasteiger partial charge is 0.110 e. The minimum atomic E-state index is 0.000674. The van der Waals surface area contributed by atoms with Crippen molar-refractivity contribution < 1.29 is 0 Å². The minimum absolute atomic E-state index is 0.000674. The zero-order chi connectivity index (χ0) is 11.0. The van der Waals surface area contributed by atoms with Crippen LogP contribution in [0.2, 0.25) is 0 Å². The molecular formula is C10H14N4S. The van der Waals surface area contributed by atoms with Crippen molar-refractivity contribution in [2.75, 3.05) is 0 Å². The van der Waals surface area contributed by atoms with E-state index in [-0.39, 0.29) is 6.04 Å². The normalized spacial score (nSPS) is 13.1. The van der Waals surface area contributed by atoms with Gasteiger partial charge < -0.3 is 5.73 Å². The summed E-state index contributed by atoms with van der Waals surface area (Å²) in [7, 11) is 1.91. The average Bonchev–Trinajstić information content (AvgIpc) is 2.71. The maximum Gasteiger partial charge on any atom is 0.110 e. The molecular weight excluding hydrogens is 208 g/mol. The molecule has 0 saturated heterocycles. The van der Waals surface area contributed by atoms with Crippen molar-refractivity contribution in [1.82, 2.24) is 14.8 Å². The summed E-state index contributed by atoms with van der Waals surface area (Å²) in [6, 6.07) is 0.000674. The quantitative estimate of drug-likeness (QED) is 0.844. The average molecular weight is 222 g/mol. The Hall–Kier alpha value is -1.20. The molecule has 2 heterocycles. The van der Waals surface area contributed by atoms with E-state index >= 15 is 0 Å². The Labute approximate surface area is 92.8 Å². The zero-order valence-electron chi connectivity index (χ0n) is 9.06. The molecule has 0 spiro atoms. The number of aryl methyl sites for hydroxylation is 2. The molecule has 0 fully saturated rings. The summed E-state index contributed by atoms with van der Waals surface area (Å²) in [6.07, 6.45) is 1.98. The Kier molecular flexibility index (Phi) is 2.58. The van der Waals surface area contributed by atoms with Crippen LogP contribution in [0.1, 0.15) is 23.7 Å². The molecule has 0 radical (unpaired) electrons. The molecule has 0 aromatic carbocycles. The Morgan fingerprint density at radius 3 is 2.73 bits per heavy atom. The Morgan fingerprint density at radius 2 is 2.27 bits per heavy atom. The molecule has 0 amide bonds. The summed E-state index contributed by atoms with van der Waals surface area (Å²) < 4.78 is 1.80. The van der Waals surface area contributed by atoms with E-state index in [9.17, 15) is 0 Å². The van der Waals surface area contributed by atoms with Crippen LogP contribution < -0.4 is 5.73 Å². The van der Waals surface area contributed by atoms with Gasteiger partial charge in [0.25, 0.3) is 0 Å². The topological polar surface area (TPSA) is 56.7 Å². The lowest BCUT2D eigenvalue weighted by atomic mass is 10.2. The van der Waals surface area contributed by atoms with Crippen molar-refractivity contribution >= 4 is 11.3 Å². The molecule has 0 aliphatic rings. The maximum atomic E-state index is 5.78. The molecule has 0 bridgehead atoms. The number of nitrogens with zero attached hydrogens (tertiary/aromatic N) is 3. The van der Waals surface area contributed by atoms with Crippen LogP contribution >= 0.6 is 11.3 Å². The van der Waals surface area contributed by atoms with Gasteiger partial charge in [0, 0.05) is 24.2 Å². The highest BCUT2D eigenvalue weighted by molar-refractivity contribution is 7.10. The molecule has 1 unspecified atom stereocenters. The fraction of sp³-hybridized carbons (Fsp3) is 0.400. The van der Waals surface area contributed by atoms with E-state index in [2.05, 4.69) is 10.1 Å². The summed E-state index contributed by atoms with van der Waals surface area (Å²) in [6.45, 7) is 3.93. The van der Waals surface area contributed by atoms with Crippen LogP contribution in [0.5, 0.6) is 0 Å². The molecule has 2 rings (SSSR count). The lowest BCUT2D eigenvalue weighted by Crippen LogP contribution is -2.03. The third-order valence-electron chi connectivity index (χ3n) is 2.20. The Bertz CT molecular complexity index is 469. The predicted molar refractivity (Wildman–Crippen MR) is 61.7 cm³/mol. The fourth-order valence-corrected chi connectivity index (χ4v) is 2.25. The Morgan fingerprint density at radius 1 is 1.53 bits per heavy atom. The number of nitrogens with two attached hydrogens (primary N) is 1. The lowest BCUT2D eigenvalue weighted by Gasteiger charge is -1.97. The monoisotopic (exact) mass is 222 g/mol. The molecule has 2 aromatic heterocycles. The van der Waals surface area contributed by atoms with Gasteiger partial charge in [-0.3, -0.25) is 4.68 Å². The minimum Gasteiger partial charge on any atom is -0.322 e. The third-order valence-corrected chi connectivity index (χ3v) is 3.25. The molecule has 2 aromatic rings. The highest BCUT2D eigenvalue weighted by Gasteiger charge is 2.11. The number of thiazole rings is 1. The van der Waals surface area contributed by atoms with Gasteiger partial charge in [-0.1, -0.05) is 0 Å². The van der Waals surface area contributed by atoms with Crippen LogP contribution in [0.3, 0.4) is 0 Å². The van der Waals surface area contributed by atoms with E-state index in [4.69, 9.17) is 5.73 Å². The van der Waals surface area contributed by atoms with Crippen molar-refractivity contribution in [2.45, 2.75) is 19.9 Å². The van der Waals surface area contributed by atoms with E-state index in [0.717, 1.165) is 22.0 Å². The number of rotatable bonds is 2. The van der Waals surface area contributed by atoms with Gasteiger partial charge >= 0.3 is 0 Å². The van der Waals surface area contributed by atoms with Crippen LogP contribution in [0.15, 0.2) is 11.6 Å². The molecule has 0 saturated carbocycles. The maximum absolute atomic E-state index is 5.78. The van der Waals surface area contributed by atoms with Crippen molar-refractivity contribution in [3.05, 3.63) is 22.3 Å². The number of aromatic nitrogens is 3. The summed E-state index contributed by atoms with van der Waals surface area (Å²) in [4.78, 5) is 4.49. The van der Waals surface area contributed by atoms with Gasteiger partial charge in [-0.05, 0) is 13.8 Å². The first-order valence-corrected chi connectivity index (χ1v) is 5.67. The van der Waals surface area contributed by atoms with E-state index in [1.807, 2.05) is 32.5 Å². The third kappa shape index (κ3) is 1.93. The summed E-state index contributed by atoms with van der Waals surface area (Å²) in [5.41, 5.74) is 8.83. The molecule has 2 N–H and O–H groups in total. The molecule has 15 heavy (non-hydrogen) atoms. The predicted octanol–water partition coefficient (Wildman–Crippen LogP) is 1.87. The summed E-state index contributed by atoms with van der Waals surface area (Å²) >= 11 is 1.60. The fourth-order valence-electron chi connectivity index (χ4n) is 1.47. The van der Waals surface area contributed by atoms with Crippen LogP contribution in [-0.4, -0.2) is 14.8 Å². The SMILES string of the molecule is Cc1nn(C)cc1-c1csc(C(C)N)n1. The second-order valence-corrected chi connectivity index (χ2v) is 4.55. The van der Waals surface area contributed by atoms with Crippen molar-refractivity contribution in [2.24, 2.45) is 12.8 Å². The van der Waals surface area contributed by atoms with Crippen molar-refractivity contribution in [3.63, 3.8) is 0 Å². The largest absolute Gasteiger partial charge is 0.322 e. The highest BCUT2D eigenvalue weighted by Crippen LogP contribution is 2.26. The van der Waals surface area contributed by atoms with Crippen molar-refractivity contribution in [3.8, 4) is 11.3 Å². The Balaban J connectivity index is 2.41. The zero-order valence-corrected chi connectivity index (χ0v) is 9.88. The first-order valence-electron chi connectivity index (χ1n) is 4.79. The molecule has 80 valence electrons. The molecule has 0 aliphatic heterocycles. The molecule has 0 aliphatic carbocycles. The van der Waals surface area contributed by atoms with E-state index in [1.54, 1.807) is 16.0 Å². The van der Waals surface area contributed by atoms with Crippen LogP contribution in [-0.2, 0) is 7.05 Å². The highest BCUT2D eigenvalue weighted by atomic mass is 32.1. The molecule has 1 atom stereocenters. The van der Waals surface area contributed by atoms with Gasteiger partial charge in [-0.2, -0.15) is 5.10 Å². The van der Waals surface area contributed by atoms with Gasteiger partial charge in [0.1, 0.15) is 5.01 Å². The van der Waals surface area contributed by atoms with Gasteiger partial charge in [-0.15, -0.1) is 11.3 Å². The standard InChI is InChI=1S/C10H14N4S/c1-6(11)10-12-9(5-15-10)8-4-14(3)13-7(8)2/h4-6H,11H2,1-3H3. The van der Waals surface area contributed by atoms with Crippen LogP contribution in [0.25, 0.3) is 11.3 Å².